The van der Waals surface area contributed by atoms with Gasteiger partial charge in [-0.15, -0.1) is 11.3 Å². The lowest BCUT2D eigenvalue weighted by molar-refractivity contribution is 0.562. The van der Waals surface area contributed by atoms with Crippen LogP contribution in [0, 0.1) is 3.57 Å². The Morgan fingerprint density at radius 2 is 2.43 bits per heavy atom. The summed E-state index contributed by atoms with van der Waals surface area (Å²) in [7, 11) is 0. The van der Waals surface area contributed by atoms with Gasteiger partial charge in [-0.2, -0.15) is 5.10 Å². The average molecular weight is 320 g/mol. The van der Waals surface area contributed by atoms with Crippen molar-refractivity contribution in [3.8, 4) is 0 Å². The van der Waals surface area contributed by atoms with Gasteiger partial charge >= 0.3 is 0 Å². The quantitative estimate of drug-likeness (QED) is 0.863. The zero-order valence-electron chi connectivity index (χ0n) is 7.51. The van der Waals surface area contributed by atoms with Crippen molar-refractivity contribution in [2.75, 3.05) is 5.73 Å². The number of thiazole rings is 1. The first-order valence-corrected chi connectivity index (χ1v) is 6.09. The minimum absolute atomic E-state index is 0.102. The summed E-state index contributed by atoms with van der Waals surface area (Å²) in [6, 6.07) is 0.102. The van der Waals surface area contributed by atoms with E-state index in [4.69, 9.17) is 5.73 Å². The minimum atomic E-state index is 0.102. The Hall–Kier alpha value is -0.630. The van der Waals surface area contributed by atoms with E-state index in [0.717, 1.165) is 9.26 Å². The molecule has 6 heteroatoms. The Kier molecular flexibility index (Phi) is 2.73. The lowest BCUT2D eigenvalue weighted by Crippen LogP contribution is -2.11. The summed E-state index contributed by atoms with van der Waals surface area (Å²) in [4.78, 5) is 4.24. The third-order valence-corrected chi connectivity index (χ3v) is 3.47. The summed E-state index contributed by atoms with van der Waals surface area (Å²) >= 11 is 3.75. The molecule has 0 saturated carbocycles. The van der Waals surface area contributed by atoms with Gasteiger partial charge < -0.3 is 5.73 Å². The van der Waals surface area contributed by atoms with Crippen LogP contribution in [0.1, 0.15) is 18.7 Å². The normalized spacial score (nSPS) is 13.0. The minimum Gasteiger partial charge on any atom is -0.383 e. The second-order valence-corrected chi connectivity index (χ2v) is 4.79. The smallest absolute Gasteiger partial charge is 0.135 e. The van der Waals surface area contributed by atoms with Crippen LogP contribution in [0.25, 0.3) is 0 Å². The first kappa shape index (κ1) is 9.91. The molecule has 0 aliphatic carbocycles. The highest BCUT2D eigenvalue weighted by molar-refractivity contribution is 14.1. The number of hydrogen-bond donors (Lipinski definition) is 1. The third-order valence-electron chi connectivity index (χ3n) is 2.03. The van der Waals surface area contributed by atoms with Crippen LogP contribution in [0.4, 0.5) is 5.82 Å². The monoisotopic (exact) mass is 320 g/mol. The molecular formula is C8H9IN4S. The fourth-order valence-corrected chi connectivity index (χ4v) is 2.23. The second kappa shape index (κ2) is 3.85. The fraction of sp³-hybridized carbons (Fsp3) is 0.250. The second-order valence-electron chi connectivity index (χ2n) is 2.91. The summed E-state index contributed by atoms with van der Waals surface area (Å²) in [5.41, 5.74) is 8.70. The highest BCUT2D eigenvalue weighted by Gasteiger charge is 2.14. The van der Waals surface area contributed by atoms with Crippen molar-refractivity contribution in [2.45, 2.75) is 13.0 Å². The van der Waals surface area contributed by atoms with Gasteiger partial charge in [0.05, 0.1) is 27.0 Å². The highest BCUT2D eigenvalue weighted by atomic mass is 127. The van der Waals surface area contributed by atoms with Crippen LogP contribution >= 0.6 is 33.9 Å². The maximum absolute atomic E-state index is 5.88. The lowest BCUT2D eigenvalue weighted by Gasteiger charge is -2.10. The molecule has 1 unspecified atom stereocenters. The number of aromatic nitrogens is 3. The summed E-state index contributed by atoms with van der Waals surface area (Å²) < 4.78 is 2.77. The molecule has 1 atom stereocenters. The molecule has 2 heterocycles. The molecule has 2 rings (SSSR count). The van der Waals surface area contributed by atoms with E-state index in [2.05, 4.69) is 32.7 Å². The van der Waals surface area contributed by atoms with Gasteiger partial charge in [0.25, 0.3) is 0 Å². The molecule has 74 valence electrons. The van der Waals surface area contributed by atoms with Crippen LogP contribution in [0.2, 0.25) is 0 Å². The van der Waals surface area contributed by atoms with Crippen LogP contribution in [0.5, 0.6) is 0 Å². The van der Waals surface area contributed by atoms with E-state index in [0.29, 0.717) is 5.82 Å². The van der Waals surface area contributed by atoms with Crippen molar-refractivity contribution in [1.82, 2.24) is 14.8 Å². The lowest BCUT2D eigenvalue weighted by atomic mass is 10.3. The third kappa shape index (κ3) is 1.63. The average Bonchev–Trinajstić information content (AvgIpc) is 2.77. The van der Waals surface area contributed by atoms with Crippen molar-refractivity contribution in [3.05, 3.63) is 26.4 Å². The molecule has 14 heavy (non-hydrogen) atoms. The first-order valence-electron chi connectivity index (χ1n) is 4.06. The highest BCUT2D eigenvalue weighted by Crippen LogP contribution is 2.22. The fourth-order valence-electron chi connectivity index (χ4n) is 1.21. The van der Waals surface area contributed by atoms with Crippen molar-refractivity contribution < 1.29 is 0 Å². The molecule has 0 radical (unpaired) electrons. The van der Waals surface area contributed by atoms with Crippen LogP contribution in [-0.2, 0) is 0 Å². The van der Waals surface area contributed by atoms with Gasteiger partial charge in [0.2, 0.25) is 0 Å². The van der Waals surface area contributed by atoms with E-state index < -0.39 is 0 Å². The molecule has 0 saturated heterocycles. The van der Waals surface area contributed by atoms with Crippen molar-refractivity contribution in [1.29, 1.82) is 0 Å². The molecule has 4 nitrogen and oxygen atoms in total. The summed E-state index contributed by atoms with van der Waals surface area (Å²) in [6.07, 6.45) is 1.76. The van der Waals surface area contributed by atoms with Gasteiger partial charge in [0.1, 0.15) is 5.82 Å². The Labute approximate surface area is 99.3 Å². The standard InChI is InChI=1S/C8H9IN4S/c1-5(7-3-14-4-11-7)13-8(10)6(9)2-12-13/h2-5H,10H2,1H3. The van der Waals surface area contributed by atoms with E-state index >= 15 is 0 Å². The predicted octanol–water partition coefficient (Wildman–Crippen LogP) is 2.14. The van der Waals surface area contributed by atoms with Crippen LogP contribution in [0.15, 0.2) is 17.1 Å². The van der Waals surface area contributed by atoms with E-state index in [1.54, 1.807) is 22.2 Å². The summed E-state index contributed by atoms with van der Waals surface area (Å²) in [5, 5.41) is 6.23. The van der Waals surface area contributed by atoms with Gasteiger partial charge in [-0.1, -0.05) is 0 Å². The maximum Gasteiger partial charge on any atom is 0.135 e. The predicted molar refractivity (Wildman–Crippen MR) is 65.3 cm³/mol. The molecule has 0 bridgehead atoms. The number of nitrogens with zero attached hydrogens (tertiary/aromatic N) is 3. The zero-order valence-corrected chi connectivity index (χ0v) is 10.5. The Bertz CT molecular complexity index is 422. The zero-order chi connectivity index (χ0) is 10.1. The molecule has 0 fully saturated rings. The number of nitrogens with two attached hydrogens (primary N) is 1. The number of halogens is 1. The molecule has 2 N–H and O–H groups in total. The van der Waals surface area contributed by atoms with Crippen LogP contribution < -0.4 is 5.73 Å². The molecule has 2 aromatic heterocycles. The van der Waals surface area contributed by atoms with Gasteiger partial charge in [-0.05, 0) is 29.5 Å². The molecule has 0 aromatic carbocycles. The van der Waals surface area contributed by atoms with Crippen molar-refractivity contribution in [2.24, 2.45) is 0 Å². The van der Waals surface area contributed by atoms with E-state index in [1.807, 2.05) is 17.8 Å². The van der Waals surface area contributed by atoms with Gasteiger partial charge in [0, 0.05) is 5.38 Å². The maximum atomic E-state index is 5.88. The first-order chi connectivity index (χ1) is 6.70. The van der Waals surface area contributed by atoms with Crippen LogP contribution in [-0.4, -0.2) is 14.8 Å². The molecular weight excluding hydrogens is 311 g/mol. The molecule has 0 aliphatic heterocycles. The molecule has 0 aliphatic rings. The number of anilines is 1. The topological polar surface area (TPSA) is 56.7 Å². The number of nitrogen functional groups attached to an aromatic ring is 1. The summed E-state index contributed by atoms with van der Waals surface area (Å²) in [6.45, 7) is 2.04. The molecule has 0 amide bonds. The van der Waals surface area contributed by atoms with E-state index in [-0.39, 0.29) is 6.04 Å². The summed E-state index contributed by atoms with van der Waals surface area (Å²) in [5.74, 6) is 0.700. The Morgan fingerprint density at radius 3 is 2.93 bits per heavy atom. The van der Waals surface area contributed by atoms with Gasteiger partial charge in [0.15, 0.2) is 0 Å². The van der Waals surface area contributed by atoms with Gasteiger partial charge in [-0.25, -0.2) is 9.67 Å². The van der Waals surface area contributed by atoms with Crippen LogP contribution in [0.3, 0.4) is 0 Å². The van der Waals surface area contributed by atoms with E-state index in [9.17, 15) is 0 Å². The molecule has 2 aromatic rings. The van der Waals surface area contributed by atoms with E-state index in [1.165, 1.54) is 0 Å². The largest absolute Gasteiger partial charge is 0.383 e. The van der Waals surface area contributed by atoms with Crippen molar-refractivity contribution in [3.63, 3.8) is 0 Å². The number of rotatable bonds is 2. The van der Waals surface area contributed by atoms with Gasteiger partial charge in [-0.3, -0.25) is 0 Å². The SMILES string of the molecule is CC(c1cscn1)n1ncc(I)c1N. The van der Waals surface area contributed by atoms with Crippen molar-refractivity contribution >= 4 is 39.7 Å². The Balaban J connectivity index is 2.36. The Morgan fingerprint density at radius 1 is 1.64 bits per heavy atom. The molecule has 0 spiro atoms. The number of hydrogen-bond acceptors (Lipinski definition) is 4.